The summed E-state index contributed by atoms with van der Waals surface area (Å²) in [6.07, 6.45) is 2.81. The van der Waals surface area contributed by atoms with Crippen molar-refractivity contribution in [1.82, 2.24) is 10.6 Å². The lowest BCUT2D eigenvalue weighted by molar-refractivity contribution is -0.121. The maximum atomic E-state index is 13.4. The monoisotopic (exact) mass is 603 g/mol. The second-order valence-corrected chi connectivity index (χ2v) is 10.6. The van der Waals surface area contributed by atoms with Crippen LogP contribution in [0.3, 0.4) is 0 Å². The third-order valence-electron chi connectivity index (χ3n) is 7.71. The molecule has 0 fully saturated rings. The molecule has 0 aromatic heterocycles. The molecule has 3 aromatic rings. The molecule has 1 atom stereocenters. The van der Waals surface area contributed by atoms with Crippen LogP contribution in [0, 0.1) is 0 Å². The summed E-state index contributed by atoms with van der Waals surface area (Å²) in [5.74, 6) is 2.06. The van der Waals surface area contributed by atoms with E-state index in [0.29, 0.717) is 67.3 Å². The number of nitrogens with one attached hydrogen (secondary N) is 3. The normalized spacial score (nSPS) is 13.4. The number of carbonyl (C=O) groups excluding carboxylic acids is 2. The lowest BCUT2D eigenvalue weighted by Crippen LogP contribution is -2.26. The summed E-state index contributed by atoms with van der Waals surface area (Å²) in [6, 6.07) is 14.5. The van der Waals surface area contributed by atoms with Crippen LogP contribution in [0.4, 0.5) is 5.69 Å². The zero-order valence-corrected chi connectivity index (χ0v) is 26.0. The minimum atomic E-state index is -0.383. The largest absolute Gasteiger partial charge is 0.497 e. The van der Waals surface area contributed by atoms with Crippen LogP contribution in [-0.2, 0) is 22.4 Å². The van der Waals surface area contributed by atoms with Crippen molar-refractivity contribution in [2.24, 2.45) is 0 Å². The average Bonchev–Trinajstić information content (AvgIpc) is 3.26. The first-order valence-corrected chi connectivity index (χ1v) is 14.7. The third kappa shape index (κ3) is 7.61. The van der Waals surface area contributed by atoms with Crippen molar-refractivity contribution in [3.8, 4) is 34.1 Å². The SMILES string of the molecule is COc1ccc(CCNC(=O)CCCNc2ccc3c(cc2=O)C(NC(C)=O)CCc2cc(OC)c(OC)c(OC)c2-3)cc1. The van der Waals surface area contributed by atoms with Crippen LogP contribution in [0.15, 0.2) is 53.3 Å². The van der Waals surface area contributed by atoms with Gasteiger partial charge >= 0.3 is 0 Å². The highest BCUT2D eigenvalue weighted by Gasteiger charge is 2.29. The molecule has 1 unspecified atom stereocenters. The van der Waals surface area contributed by atoms with Crippen LogP contribution in [0.2, 0.25) is 0 Å². The molecule has 4 rings (SSSR count). The summed E-state index contributed by atoms with van der Waals surface area (Å²) < 4.78 is 22.2. The fraction of sp³-hybridized carbons (Fsp3) is 0.382. The number of hydrogen-bond acceptors (Lipinski definition) is 8. The molecular formula is C34H41N3O7. The van der Waals surface area contributed by atoms with Gasteiger partial charge in [0.15, 0.2) is 11.5 Å². The van der Waals surface area contributed by atoms with Crippen LogP contribution in [0.1, 0.15) is 48.9 Å². The molecule has 44 heavy (non-hydrogen) atoms. The maximum Gasteiger partial charge on any atom is 0.220 e. The number of fused-ring (bicyclic) bond motifs is 3. The summed E-state index contributed by atoms with van der Waals surface area (Å²) in [4.78, 5) is 38.0. The van der Waals surface area contributed by atoms with E-state index < -0.39 is 0 Å². The van der Waals surface area contributed by atoms with Gasteiger partial charge in [0.05, 0.1) is 40.2 Å². The highest BCUT2D eigenvalue weighted by atomic mass is 16.5. The molecule has 0 aliphatic heterocycles. The van der Waals surface area contributed by atoms with Gasteiger partial charge in [-0.25, -0.2) is 0 Å². The fourth-order valence-electron chi connectivity index (χ4n) is 5.55. The first-order chi connectivity index (χ1) is 21.3. The fourth-order valence-corrected chi connectivity index (χ4v) is 5.55. The van der Waals surface area contributed by atoms with Crippen LogP contribution < -0.4 is 40.3 Å². The first-order valence-electron chi connectivity index (χ1n) is 14.7. The molecule has 0 heterocycles. The van der Waals surface area contributed by atoms with Crippen LogP contribution in [0.25, 0.3) is 11.1 Å². The molecule has 3 N–H and O–H groups in total. The molecule has 0 spiro atoms. The van der Waals surface area contributed by atoms with Gasteiger partial charge in [-0.1, -0.05) is 18.2 Å². The molecule has 10 heteroatoms. The van der Waals surface area contributed by atoms with Gasteiger partial charge < -0.3 is 34.9 Å². The smallest absolute Gasteiger partial charge is 0.220 e. The molecule has 3 aromatic carbocycles. The van der Waals surface area contributed by atoms with Crippen molar-refractivity contribution in [3.63, 3.8) is 0 Å². The van der Waals surface area contributed by atoms with Crippen LogP contribution in [-0.4, -0.2) is 53.3 Å². The van der Waals surface area contributed by atoms with Gasteiger partial charge in [0.1, 0.15) is 5.75 Å². The Morgan fingerprint density at radius 3 is 2.30 bits per heavy atom. The van der Waals surface area contributed by atoms with Crippen molar-refractivity contribution >= 4 is 17.5 Å². The minimum absolute atomic E-state index is 0.0424. The molecule has 0 bridgehead atoms. The first kappa shape index (κ1) is 32.2. The number of methoxy groups -OCH3 is 4. The standard InChI is InChI=1S/C34H41N3O7/c1-21(38)37-27-14-10-23-19-30(42-3)33(43-4)34(44-5)32(23)25-13-15-28(29(39)20-26(25)27)35-17-6-7-31(40)36-18-16-22-8-11-24(41-2)12-9-22/h8-9,11-13,15,19-20,27H,6-7,10,14,16-18H2,1-5H3,(H,35,39)(H,36,40)(H,37,38). The number of rotatable bonds is 13. The number of ether oxygens (including phenoxy) is 4. The maximum absolute atomic E-state index is 13.4. The highest BCUT2D eigenvalue weighted by molar-refractivity contribution is 5.83. The Morgan fingerprint density at radius 1 is 0.886 bits per heavy atom. The van der Waals surface area contributed by atoms with Crippen molar-refractivity contribution in [2.75, 3.05) is 46.8 Å². The number of amides is 2. The van der Waals surface area contributed by atoms with E-state index in [4.69, 9.17) is 18.9 Å². The van der Waals surface area contributed by atoms with E-state index in [0.717, 1.165) is 34.4 Å². The number of benzene rings is 2. The molecular weight excluding hydrogens is 562 g/mol. The molecule has 234 valence electrons. The van der Waals surface area contributed by atoms with Crippen molar-refractivity contribution in [1.29, 1.82) is 0 Å². The second kappa shape index (κ2) is 15.1. The van der Waals surface area contributed by atoms with Crippen molar-refractivity contribution in [2.45, 2.75) is 45.1 Å². The molecule has 2 amide bonds. The van der Waals surface area contributed by atoms with Gasteiger partial charge in [-0.3, -0.25) is 14.4 Å². The molecule has 10 nitrogen and oxygen atoms in total. The topological polar surface area (TPSA) is 124 Å². The Morgan fingerprint density at radius 2 is 1.64 bits per heavy atom. The predicted octanol–water partition coefficient (Wildman–Crippen LogP) is 4.42. The van der Waals surface area contributed by atoms with Gasteiger partial charge in [0.2, 0.25) is 23.0 Å². The second-order valence-electron chi connectivity index (χ2n) is 10.6. The summed E-state index contributed by atoms with van der Waals surface area (Å²) in [5, 5.41) is 9.17. The van der Waals surface area contributed by atoms with E-state index in [2.05, 4.69) is 16.0 Å². The van der Waals surface area contributed by atoms with E-state index in [1.165, 1.54) is 6.92 Å². The lowest BCUT2D eigenvalue weighted by Gasteiger charge is -2.19. The molecule has 0 saturated carbocycles. The van der Waals surface area contributed by atoms with Gasteiger partial charge in [0.25, 0.3) is 0 Å². The number of anilines is 1. The quantitative estimate of drug-likeness (QED) is 0.245. The third-order valence-corrected chi connectivity index (χ3v) is 7.71. The van der Waals surface area contributed by atoms with E-state index in [9.17, 15) is 14.4 Å². The van der Waals surface area contributed by atoms with E-state index in [-0.39, 0.29) is 23.3 Å². The van der Waals surface area contributed by atoms with E-state index >= 15 is 0 Å². The zero-order valence-electron chi connectivity index (χ0n) is 26.0. The Kier molecular flexibility index (Phi) is 11.1. The number of hydrogen-bond donors (Lipinski definition) is 3. The Hall–Kier alpha value is -4.73. The van der Waals surface area contributed by atoms with Gasteiger partial charge in [-0.05, 0) is 78.3 Å². The minimum Gasteiger partial charge on any atom is -0.497 e. The summed E-state index contributed by atoms with van der Waals surface area (Å²) in [6.45, 7) is 2.45. The van der Waals surface area contributed by atoms with Gasteiger partial charge in [-0.2, -0.15) is 0 Å². The Bertz CT molecular complexity index is 1540. The van der Waals surface area contributed by atoms with Crippen molar-refractivity contribution in [3.05, 3.63) is 75.4 Å². The van der Waals surface area contributed by atoms with Crippen LogP contribution >= 0.6 is 0 Å². The summed E-state index contributed by atoms with van der Waals surface area (Å²) in [5.41, 5.74) is 4.51. The highest BCUT2D eigenvalue weighted by Crippen LogP contribution is 2.50. The number of aryl methyl sites for hydroxylation is 1. The zero-order chi connectivity index (χ0) is 31.6. The average molecular weight is 604 g/mol. The lowest BCUT2D eigenvalue weighted by atomic mass is 9.95. The number of carbonyl (C=O) groups is 2. The Balaban J connectivity index is 1.50. The summed E-state index contributed by atoms with van der Waals surface area (Å²) >= 11 is 0. The molecule has 0 radical (unpaired) electrons. The molecule has 1 aliphatic rings. The van der Waals surface area contributed by atoms with Crippen LogP contribution in [0.5, 0.6) is 23.0 Å². The van der Waals surface area contributed by atoms with Gasteiger partial charge in [0, 0.05) is 32.0 Å². The molecule has 1 aliphatic carbocycles. The van der Waals surface area contributed by atoms with E-state index in [1.54, 1.807) is 40.6 Å². The predicted molar refractivity (Wildman–Crippen MR) is 170 cm³/mol. The van der Waals surface area contributed by atoms with Crippen molar-refractivity contribution < 1.29 is 28.5 Å². The van der Waals surface area contributed by atoms with E-state index in [1.807, 2.05) is 36.4 Å². The molecule has 0 saturated heterocycles. The summed E-state index contributed by atoms with van der Waals surface area (Å²) in [7, 11) is 6.32. The Labute approximate surface area is 258 Å². The van der Waals surface area contributed by atoms with Gasteiger partial charge in [-0.15, -0.1) is 0 Å².